The van der Waals surface area contributed by atoms with E-state index in [0.29, 0.717) is 12.0 Å². The Labute approximate surface area is 116 Å². The minimum Gasteiger partial charge on any atom is -0.380 e. The Morgan fingerprint density at radius 2 is 2.00 bits per heavy atom. The summed E-state index contributed by atoms with van der Waals surface area (Å²) < 4.78 is 5.57. The minimum atomic E-state index is 0.303. The highest BCUT2D eigenvalue weighted by Crippen LogP contribution is 2.16. The van der Waals surface area contributed by atoms with Crippen LogP contribution in [0.25, 0.3) is 0 Å². The van der Waals surface area contributed by atoms with Gasteiger partial charge in [-0.05, 0) is 37.0 Å². The Bertz CT molecular complexity index is 341. The van der Waals surface area contributed by atoms with Crippen LogP contribution in [0.3, 0.4) is 0 Å². The van der Waals surface area contributed by atoms with E-state index in [-0.39, 0.29) is 0 Å². The van der Waals surface area contributed by atoms with E-state index in [4.69, 9.17) is 16.3 Å². The second kappa shape index (κ2) is 8.52. The predicted octanol–water partition coefficient (Wildman–Crippen LogP) is 4.05. The molecule has 0 saturated carbocycles. The summed E-state index contributed by atoms with van der Waals surface area (Å²) in [6, 6.07) is 8.27. The normalized spacial score (nSPS) is 12.9. The molecule has 1 unspecified atom stereocenters. The lowest BCUT2D eigenvalue weighted by atomic mass is 10.1. The molecule has 0 bridgehead atoms. The van der Waals surface area contributed by atoms with E-state index in [1.54, 1.807) is 0 Å². The summed E-state index contributed by atoms with van der Waals surface area (Å²) in [6.45, 7) is 9.04. The fourth-order valence-electron chi connectivity index (χ4n) is 1.66. The summed E-state index contributed by atoms with van der Waals surface area (Å²) in [4.78, 5) is 0. The Hall–Kier alpha value is -0.570. The van der Waals surface area contributed by atoms with Crippen LogP contribution in [-0.4, -0.2) is 19.8 Å². The molecule has 1 aromatic carbocycles. The lowest BCUT2D eigenvalue weighted by molar-refractivity contribution is 0.123. The van der Waals surface area contributed by atoms with Gasteiger partial charge in [-0.2, -0.15) is 0 Å². The Kier molecular flexibility index (Phi) is 7.33. The molecule has 0 aliphatic carbocycles. The van der Waals surface area contributed by atoms with Crippen LogP contribution in [-0.2, 0) is 4.74 Å². The van der Waals surface area contributed by atoms with Crippen LogP contribution in [0.1, 0.15) is 38.8 Å². The third-order valence-electron chi connectivity index (χ3n) is 2.89. The van der Waals surface area contributed by atoms with Crippen LogP contribution in [0.4, 0.5) is 0 Å². The number of rotatable bonds is 8. The molecule has 18 heavy (non-hydrogen) atoms. The Morgan fingerprint density at radius 1 is 1.22 bits per heavy atom. The fraction of sp³-hybridized carbons (Fsp3) is 0.600. The van der Waals surface area contributed by atoms with Gasteiger partial charge in [0, 0.05) is 24.2 Å². The minimum absolute atomic E-state index is 0.303. The van der Waals surface area contributed by atoms with Crippen molar-refractivity contribution < 1.29 is 4.74 Å². The second-order valence-electron chi connectivity index (χ2n) is 5.03. The van der Waals surface area contributed by atoms with Gasteiger partial charge in [0.25, 0.3) is 0 Å². The number of nitrogens with one attached hydrogen (secondary N) is 1. The van der Waals surface area contributed by atoms with Gasteiger partial charge < -0.3 is 10.1 Å². The molecule has 0 fully saturated rings. The zero-order valence-electron chi connectivity index (χ0n) is 11.6. The van der Waals surface area contributed by atoms with Crippen LogP contribution < -0.4 is 5.32 Å². The van der Waals surface area contributed by atoms with Crippen molar-refractivity contribution in [2.45, 2.75) is 33.2 Å². The molecule has 0 radical (unpaired) electrons. The monoisotopic (exact) mass is 269 g/mol. The van der Waals surface area contributed by atoms with Crippen molar-refractivity contribution in [3.63, 3.8) is 0 Å². The molecule has 0 aliphatic rings. The van der Waals surface area contributed by atoms with Gasteiger partial charge in [-0.1, -0.05) is 37.6 Å². The van der Waals surface area contributed by atoms with Gasteiger partial charge >= 0.3 is 0 Å². The number of ether oxygens (including phenoxy) is 1. The zero-order valence-corrected chi connectivity index (χ0v) is 12.3. The quantitative estimate of drug-likeness (QED) is 0.719. The predicted molar refractivity (Wildman–Crippen MR) is 78.1 cm³/mol. The smallest absolute Gasteiger partial charge is 0.0591 e. The van der Waals surface area contributed by atoms with Gasteiger partial charge in [-0.25, -0.2) is 0 Å². The van der Waals surface area contributed by atoms with Crippen molar-refractivity contribution in [3.8, 4) is 0 Å². The van der Waals surface area contributed by atoms with Crippen molar-refractivity contribution in [2.24, 2.45) is 5.92 Å². The SMILES string of the molecule is CC(C)CCOCCNC(C)c1cccc(Cl)c1. The molecule has 0 amide bonds. The summed E-state index contributed by atoms with van der Waals surface area (Å²) in [6.07, 6.45) is 1.13. The third kappa shape index (κ3) is 6.39. The van der Waals surface area contributed by atoms with E-state index >= 15 is 0 Å². The van der Waals surface area contributed by atoms with Gasteiger partial charge in [0.05, 0.1) is 6.61 Å². The molecule has 1 N–H and O–H groups in total. The summed E-state index contributed by atoms with van der Waals surface area (Å²) in [7, 11) is 0. The first kappa shape index (κ1) is 15.5. The fourth-order valence-corrected chi connectivity index (χ4v) is 1.86. The molecule has 1 rings (SSSR count). The van der Waals surface area contributed by atoms with Gasteiger partial charge in [-0.15, -0.1) is 0 Å². The largest absolute Gasteiger partial charge is 0.380 e. The van der Waals surface area contributed by atoms with E-state index < -0.39 is 0 Å². The summed E-state index contributed by atoms with van der Waals surface area (Å²) >= 11 is 5.97. The lowest BCUT2D eigenvalue weighted by Crippen LogP contribution is -2.23. The second-order valence-corrected chi connectivity index (χ2v) is 5.46. The van der Waals surface area contributed by atoms with Crippen molar-refractivity contribution in [3.05, 3.63) is 34.9 Å². The third-order valence-corrected chi connectivity index (χ3v) is 3.12. The molecule has 0 aliphatic heterocycles. The first-order valence-corrected chi connectivity index (χ1v) is 7.04. The van der Waals surface area contributed by atoms with Crippen LogP contribution >= 0.6 is 11.6 Å². The topological polar surface area (TPSA) is 21.3 Å². The molecular weight excluding hydrogens is 246 g/mol. The molecule has 0 heterocycles. The van der Waals surface area contributed by atoms with Gasteiger partial charge in [0.15, 0.2) is 0 Å². The number of hydrogen-bond acceptors (Lipinski definition) is 2. The molecule has 102 valence electrons. The first-order valence-electron chi connectivity index (χ1n) is 6.66. The maximum absolute atomic E-state index is 5.97. The molecule has 1 aromatic rings. The van der Waals surface area contributed by atoms with Gasteiger partial charge in [0.1, 0.15) is 0 Å². The maximum atomic E-state index is 5.97. The Balaban J connectivity index is 2.15. The van der Waals surface area contributed by atoms with Gasteiger partial charge in [-0.3, -0.25) is 0 Å². The van der Waals surface area contributed by atoms with E-state index in [1.807, 2.05) is 18.2 Å². The first-order chi connectivity index (χ1) is 8.59. The highest BCUT2D eigenvalue weighted by molar-refractivity contribution is 6.30. The molecule has 1 atom stereocenters. The molecule has 2 nitrogen and oxygen atoms in total. The van der Waals surface area contributed by atoms with Crippen molar-refractivity contribution in [1.29, 1.82) is 0 Å². The van der Waals surface area contributed by atoms with Crippen molar-refractivity contribution in [2.75, 3.05) is 19.8 Å². The Morgan fingerprint density at radius 3 is 2.67 bits per heavy atom. The summed E-state index contributed by atoms with van der Waals surface area (Å²) in [5.41, 5.74) is 1.21. The number of hydrogen-bond donors (Lipinski definition) is 1. The van der Waals surface area contributed by atoms with Crippen LogP contribution in [0.5, 0.6) is 0 Å². The molecule has 3 heteroatoms. The average Bonchev–Trinajstić information content (AvgIpc) is 2.33. The van der Waals surface area contributed by atoms with Crippen molar-refractivity contribution >= 4 is 11.6 Å². The van der Waals surface area contributed by atoms with Crippen molar-refractivity contribution in [1.82, 2.24) is 5.32 Å². The highest BCUT2D eigenvalue weighted by atomic mass is 35.5. The standard InChI is InChI=1S/C15H24ClNO/c1-12(2)7-9-18-10-8-17-13(3)14-5-4-6-15(16)11-14/h4-6,11-13,17H,7-10H2,1-3H3. The summed E-state index contributed by atoms with van der Waals surface area (Å²) in [5, 5.41) is 4.22. The van der Waals surface area contributed by atoms with E-state index in [0.717, 1.165) is 31.2 Å². The van der Waals surface area contributed by atoms with E-state index in [2.05, 4.69) is 32.2 Å². The zero-order chi connectivity index (χ0) is 13.4. The highest BCUT2D eigenvalue weighted by Gasteiger charge is 2.04. The van der Waals surface area contributed by atoms with Crippen LogP contribution in [0.2, 0.25) is 5.02 Å². The number of halogens is 1. The average molecular weight is 270 g/mol. The molecule has 0 saturated heterocycles. The number of benzene rings is 1. The van der Waals surface area contributed by atoms with Crippen LogP contribution in [0, 0.1) is 5.92 Å². The van der Waals surface area contributed by atoms with E-state index in [1.165, 1.54) is 5.56 Å². The maximum Gasteiger partial charge on any atom is 0.0591 e. The molecule has 0 spiro atoms. The van der Waals surface area contributed by atoms with Crippen LogP contribution in [0.15, 0.2) is 24.3 Å². The van der Waals surface area contributed by atoms with E-state index in [9.17, 15) is 0 Å². The summed E-state index contributed by atoms with van der Waals surface area (Å²) in [5.74, 6) is 0.711. The lowest BCUT2D eigenvalue weighted by Gasteiger charge is -2.14. The van der Waals surface area contributed by atoms with Gasteiger partial charge in [0.2, 0.25) is 0 Å². The molecule has 0 aromatic heterocycles. The molecular formula is C15H24ClNO.